The van der Waals surface area contributed by atoms with Crippen molar-refractivity contribution in [3.8, 4) is 23.3 Å². The van der Waals surface area contributed by atoms with Gasteiger partial charge < -0.3 is 14.2 Å². The van der Waals surface area contributed by atoms with E-state index in [1.807, 2.05) is 0 Å². The third kappa shape index (κ3) is 3.00. The van der Waals surface area contributed by atoms with Crippen LogP contribution in [0.1, 0.15) is 0 Å². The molecule has 0 amide bonds. The van der Waals surface area contributed by atoms with E-state index in [9.17, 15) is 0 Å². The van der Waals surface area contributed by atoms with Crippen molar-refractivity contribution in [3.05, 3.63) is 24.4 Å². The lowest BCUT2D eigenvalue weighted by molar-refractivity contribution is 0.324. The van der Waals surface area contributed by atoms with E-state index in [1.165, 1.54) is 6.34 Å². The zero-order chi connectivity index (χ0) is 15.2. The van der Waals surface area contributed by atoms with Crippen LogP contribution >= 0.6 is 0 Å². The smallest absolute Gasteiger partial charge is 0.203 e. The number of rotatable bonds is 5. The highest BCUT2D eigenvalue weighted by molar-refractivity contribution is 5.67. The molecule has 1 heterocycles. The summed E-state index contributed by atoms with van der Waals surface area (Å²) in [4.78, 5) is 3.99. The zero-order valence-corrected chi connectivity index (χ0v) is 12.0. The summed E-state index contributed by atoms with van der Waals surface area (Å²) in [6.45, 7) is 0. The van der Waals surface area contributed by atoms with Gasteiger partial charge in [0.2, 0.25) is 5.75 Å². The van der Waals surface area contributed by atoms with E-state index in [0.29, 0.717) is 22.9 Å². The third-order valence-electron chi connectivity index (χ3n) is 2.90. The van der Waals surface area contributed by atoms with Gasteiger partial charge in [0.15, 0.2) is 17.5 Å². The fourth-order valence-electron chi connectivity index (χ4n) is 1.90. The van der Waals surface area contributed by atoms with Gasteiger partial charge in [0, 0.05) is 18.3 Å². The quantitative estimate of drug-likeness (QED) is 0.890. The molecule has 0 spiro atoms. The van der Waals surface area contributed by atoms with Crippen LogP contribution in [0.5, 0.6) is 17.2 Å². The van der Waals surface area contributed by atoms with Crippen LogP contribution in [0.2, 0.25) is 0 Å². The minimum atomic E-state index is -0.443. The normalized spacial score (nSPS) is 16.3. The average Bonchev–Trinajstić information content (AvgIpc) is 2.54. The Morgan fingerprint density at radius 2 is 1.86 bits per heavy atom. The molecule has 2 rings (SSSR count). The molecular weight excluding hydrogens is 272 g/mol. The van der Waals surface area contributed by atoms with Crippen LogP contribution in [0.3, 0.4) is 0 Å². The SMILES string of the molecule is COc1cc(NN2C=NC=CC2C#N)cc(OC)c1OC. The van der Waals surface area contributed by atoms with Crippen LogP contribution in [-0.4, -0.2) is 38.7 Å². The van der Waals surface area contributed by atoms with Crippen LogP contribution in [0.4, 0.5) is 5.69 Å². The molecule has 7 nitrogen and oxygen atoms in total. The Morgan fingerprint density at radius 1 is 1.19 bits per heavy atom. The molecule has 1 aromatic rings. The molecule has 0 saturated carbocycles. The lowest BCUT2D eigenvalue weighted by Crippen LogP contribution is -2.38. The van der Waals surface area contributed by atoms with Crippen molar-refractivity contribution in [2.24, 2.45) is 4.99 Å². The molecule has 110 valence electrons. The van der Waals surface area contributed by atoms with E-state index >= 15 is 0 Å². The molecule has 0 aromatic heterocycles. The maximum Gasteiger partial charge on any atom is 0.203 e. The van der Waals surface area contributed by atoms with Gasteiger partial charge >= 0.3 is 0 Å². The number of nitriles is 1. The van der Waals surface area contributed by atoms with Gasteiger partial charge in [-0.3, -0.25) is 10.4 Å². The highest BCUT2D eigenvalue weighted by atomic mass is 16.5. The molecule has 1 unspecified atom stereocenters. The van der Waals surface area contributed by atoms with Gasteiger partial charge in [-0.15, -0.1) is 0 Å². The molecule has 0 saturated heterocycles. The summed E-state index contributed by atoms with van der Waals surface area (Å²) in [5, 5.41) is 10.7. The van der Waals surface area contributed by atoms with Gasteiger partial charge in [0.25, 0.3) is 0 Å². The first-order valence-corrected chi connectivity index (χ1v) is 6.18. The van der Waals surface area contributed by atoms with Gasteiger partial charge in [0.05, 0.1) is 33.1 Å². The predicted octanol–water partition coefficient (Wildman–Crippen LogP) is 1.79. The second kappa shape index (κ2) is 6.52. The second-order valence-electron chi connectivity index (χ2n) is 4.11. The zero-order valence-electron chi connectivity index (χ0n) is 12.0. The van der Waals surface area contributed by atoms with Crippen molar-refractivity contribution >= 4 is 12.0 Å². The predicted molar refractivity (Wildman–Crippen MR) is 78.6 cm³/mol. The molecule has 0 aliphatic carbocycles. The number of methoxy groups -OCH3 is 3. The number of benzene rings is 1. The summed E-state index contributed by atoms with van der Waals surface area (Å²) in [5.74, 6) is 1.56. The van der Waals surface area contributed by atoms with E-state index in [0.717, 1.165) is 0 Å². The molecule has 0 fully saturated rings. The van der Waals surface area contributed by atoms with Crippen LogP contribution < -0.4 is 19.6 Å². The molecular formula is C14H16N4O3. The van der Waals surface area contributed by atoms with E-state index in [2.05, 4.69) is 16.5 Å². The molecule has 21 heavy (non-hydrogen) atoms. The lowest BCUT2D eigenvalue weighted by Gasteiger charge is -2.26. The molecule has 0 bridgehead atoms. The Balaban J connectivity index is 2.30. The van der Waals surface area contributed by atoms with Crippen LogP contribution in [-0.2, 0) is 0 Å². The number of nitrogens with one attached hydrogen (secondary N) is 1. The maximum absolute atomic E-state index is 9.11. The van der Waals surface area contributed by atoms with Crippen molar-refractivity contribution in [3.63, 3.8) is 0 Å². The number of hydrogen-bond acceptors (Lipinski definition) is 7. The van der Waals surface area contributed by atoms with E-state index in [4.69, 9.17) is 19.5 Å². The highest BCUT2D eigenvalue weighted by Crippen LogP contribution is 2.40. The molecule has 1 aliphatic heterocycles. The summed E-state index contributed by atoms with van der Waals surface area (Å²) in [6, 6.07) is 5.21. The van der Waals surface area contributed by atoms with Crippen molar-refractivity contribution in [1.29, 1.82) is 5.26 Å². The van der Waals surface area contributed by atoms with Crippen molar-refractivity contribution in [1.82, 2.24) is 5.01 Å². The summed E-state index contributed by atoms with van der Waals surface area (Å²) in [7, 11) is 4.63. The summed E-state index contributed by atoms with van der Waals surface area (Å²) in [6.07, 6.45) is 4.81. The molecule has 1 aromatic carbocycles. The standard InChI is InChI=1S/C14H16N4O3/c1-19-12-6-10(7-13(20-2)14(12)21-3)17-18-9-16-5-4-11(18)8-15/h4-7,9,11,17H,1-3H3. The first-order chi connectivity index (χ1) is 10.2. The number of aliphatic imine (C=N–C) groups is 1. The highest BCUT2D eigenvalue weighted by Gasteiger charge is 2.18. The monoisotopic (exact) mass is 288 g/mol. The summed E-state index contributed by atoms with van der Waals surface area (Å²) in [5.41, 5.74) is 3.76. The average molecular weight is 288 g/mol. The summed E-state index contributed by atoms with van der Waals surface area (Å²) >= 11 is 0. The second-order valence-corrected chi connectivity index (χ2v) is 4.11. The Kier molecular flexibility index (Phi) is 4.51. The van der Waals surface area contributed by atoms with Crippen molar-refractivity contribution in [2.45, 2.75) is 6.04 Å². The Hall–Kier alpha value is -2.88. The van der Waals surface area contributed by atoms with Crippen LogP contribution in [0, 0.1) is 11.3 Å². The molecule has 1 atom stereocenters. The summed E-state index contributed by atoms with van der Waals surface area (Å²) < 4.78 is 15.8. The molecule has 1 N–H and O–H groups in total. The van der Waals surface area contributed by atoms with Gasteiger partial charge in [-0.1, -0.05) is 0 Å². The number of ether oxygens (including phenoxy) is 3. The maximum atomic E-state index is 9.11. The number of nitrogens with zero attached hydrogens (tertiary/aromatic N) is 3. The van der Waals surface area contributed by atoms with E-state index < -0.39 is 6.04 Å². The van der Waals surface area contributed by atoms with Gasteiger partial charge in [-0.2, -0.15) is 5.26 Å². The largest absolute Gasteiger partial charge is 0.493 e. The fourth-order valence-corrected chi connectivity index (χ4v) is 1.90. The Bertz CT molecular complexity index is 582. The van der Waals surface area contributed by atoms with Crippen LogP contribution in [0.25, 0.3) is 0 Å². The minimum Gasteiger partial charge on any atom is -0.493 e. The van der Waals surface area contributed by atoms with E-state index in [1.54, 1.807) is 50.7 Å². The molecule has 7 heteroatoms. The Morgan fingerprint density at radius 3 is 2.38 bits per heavy atom. The van der Waals surface area contributed by atoms with Crippen molar-refractivity contribution in [2.75, 3.05) is 26.8 Å². The first-order valence-electron chi connectivity index (χ1n) is 6.18. The third-order valence-corrected chi connectivity index (χ3v) is 2.90. The van der Waals surface area contributed by atoms with E-state index in [-0.39, 0.29) is 0 Å². The first kappa shape index (κ1) is 14.5. The van der Waals surface area contributed by atoms with Crippen molar-refractivity contribution < 1.29 is 14.2 Å². The number of hydrazine groups is 1. The number of hydrogen-bond donors (Lipinski definition) is 1. The molecule has 0 radical (unpaired) electrons. The van der Waals surface area contributed by atoms with Gasteiger partial charge in [0.1, 0.15) is 6.34 Å². The fraction of sp³-hybridized carbons (Fsp3) is 0.286. The van der Waals surface area contributed by atoms with Crippen LogP contribution in [0.15, 0.2) is 29.4 Å². The Labute approximate surface area is 123 Å². The minimum absolute atomic E-state index is 0.443. The lowest BCUT2D eigenvalue weighted by atomic mass is 10.2. The topological polar surface area (TPSA) is 79.1 Å². The number of anilines is 1. The van der Waals surface area contributed by atoms with Gasteiger partial charge in [-0.05, 0) is 6.08 Å². The van der Waals surface area contributed by atoms with Gasteiger partial charge in [-0.25, -0.2) is 4.99 Å². The molecule has 1 aliphatic rings.